The predicted octanol–water partition coefficient (Wildman–Crippen LogP) is -0.370. The fourth-order valence-electron chi connectivity index (χ4n) is 0.992. The quantitative estimate of drug-likeness (QED) is 0.679. The second-order valence-electron chi connectivity index (χ2n) is 3.29. The molecule has 8 nitrogen and oxygen atoms in total. The third-order valence-corrected chi connectivity index (χ3v) is 3.50. The van der Waals surface area contributed by atoms with Gasteiger partial charge in [-0.25, -0.2) is 9.52 Å². The maximum absolute atomic E-state index is 11.6. The van der Waals surface area contributed by atoms with Gasteiger partial charge in [-0.05, 0) is 0 Å². The van der Waals surface area contributed by atoms with Crippen molar-refractivity contribution in [2.24, 2.45) is 5.92 Å². The number of hydrogen-bond acceptors (Lipinski definition) is 5. The second kappa shape index (κ2) is 6.40. The first-order valence-electron chi connectivity index (χ1n) is 4.83. The van der Waals surface area contributed by atoms with Crippen molar-refractivity contribution >= 4 is 22.3 Å². The Hall–Kier alpha value is -1.35. The molecule has 1 unspecified atom stereocenters. The molecular weight excluding hydrogens is 252 g/mol. The molecule has 0 aromatic rings. The summed E-state index contributed by atoms with van der Waals surface area (Å²) < 4.78 is 29.9. The van der Waals surface area contributed by atoms with Gasteiger partial charge in [0.2, 0.25) is 0 Å². The van der Waals surface area contributed by atoms with E-state index in [0.29, 0.717) is 0 Å². The zero-order chi connectivity index (χ0) is 13.6. The fourth-order valence-corrected chi connectivity index (χ4v) is 2.18. The Labute approximate surface area is 99.7 Å². The Kier molecular flexibility index (Phi) is 5.89. The molecule has 0 heterocycles. The number of hydrogen-bond donors (Lipinski definition) is 2. The van der Waals surface area contributed by atoms with Gasteiger partial charge in [-0.1, -0.05) is 13.8 Å². The van der Waals surface area contributed by atoms with Crippen LogP contribution in [-0.2, 0) is 19.7 Å². The van der Waals surface area contributed by atoms with Crippen LogP contribution in [0, 0.1) is 5.92 Å². The van der Waals surface area contributed by atoms with Crippen molar-refractivity contribution in [3.63, 3.8) is 0 Å². The summed E-state index contributed by atoms with van der Waals surface area (Å²) in [6, 6.07) is 0. The number of carbonyl (C=O) groups is 2. The van der Waals surface area contributed by atoms with Crippen molar-refractivity contribution in [3.05, 3.63) is 0 Å². The van der Waals surface area contributed by atoms with E-state index in [1.54, 1.807) is 4.72 Å². The van der Waals surface area contributed by atoms with Crippen molar-refractivity contribution < 1.29 is 27.9 Å². The summed E-state index contributed by atoms with van der Waals surface area (Å²) in [5.74, 6) is -1.99. The second-order valence-corrected chi connectivity index (χ2v) is 4.96. The molecule has 17 heavy (non-hydrogen) atoms. The minimum Gasteiger partial charge on any atom is -0.481 e. The van der Waals surface area contributed by atoms with E-state index in [2.05, 4.69) is 4.74 Å². The molecular formula is C8H16N2O6S. The van der Waals surface area contributed by atoms with Gasteiger partial charge in [0.1, 0.15) is 0 Å². The Morgan fingerprint density at radius 3 is 2.35 bits per heavy atom. The molecule has 0 aromatic heterocycles. The van der Waals surface area contributed by atoms with Gasteiger partial charge in [0.15, 0.2) is 0 Å². The van der Waals surface area contributed by atoms with Gasteiger partial charge in [-0.2, -0.15) is 12.7 Å². The maximum Gasteiger partial charge on any atom is 0.421 e. The van der Waals surface area contributed by atoms with Gasteiger partial charge < -0.3 is 9.84 Å². The van der Waals surface area contributed by atoms with Crippen LogP contribution < -0.4 is 4.72 Å². The summed E-state index contributed by atoms with van der Waals surface area (Å²) in [6.07, 6.45) is -1.12. The fraction of sp³-hybridized carbons (Fsp3) is 0.750. The largest absolute Gasteiger partial charge is 0.481 e. The molecule has 2 N–H and O–H groups in total. The summed E-state index contributed by atoms with van der Waals surface area (Å²) in [5.41, 5.74) is 0. The van der Waals surface area contributed by atoms with Gasteiger partial charge in [0.05, 0.1) is 13.0 Å². The summed E-state index contributed by atoms with van der Waals surface area (Å²) >= 11 is 0. The molecule has 1 atom stereocenters. The standard InChI is InChI=1S/C8H16N2O6S/c1-4-10(5-6(2)7(11)12)17(14,15)9-8(13)16-3/h6H,4-5H2,1-3H3,(H,9,13)(H,11,12). The van der Waals surface area contributed by atoms with Crippen LogP contribution in [0.15, 0.2) is 0 Å². The molecule has 0 aliphatic heterocycles. The molecule has 100 valence electrons. The van der Waals surface area contributed by atoms with Crippen molar-refractivity contribution in [1.82, 2.24) is 9.03 Å². The molecule has 0 fully saturated rings. The predicted molar refractivity (Wildman–Crippen MR) is 58.5 cm³/mol. The van der Waals surface area contributed by atoms with Gasteiger partial charge in [-0.3, -0.25) is 4.79 Å². The molecule has 0 saturated carbocycles. The van der Waals surface area contributed by atoms with Crippen LogP contribution in [0.4, 0.5) is 4.79 Å². The number of carbonyl (C=O) groups excluding carboxylic acids is 1. The topological polar surface area (TPSA) is 113 Å². The number of aliphatic carboxylic acids is 1. The van der Waals surface area contributed by atoms with E-state index >= 15 is 0 Å². The average molecular weight is 268 g/mol. The van der Waals surface area contributed by atoms with E-state index in [1.165, 1.54) is 13.8 Å². The summed E-state index contributed by atoms with van der Waals surface area (Å²) in [7, 11) is -3.04. The van der Waals surface area contributed by atoms with Gasteiger partial charge in [-0.15, -0.1) is 0 Å². The van der Waals surface area contributed by atoms with Crippen LogP contribution in [0.5, 0.6) is 0 Å². The first kappa shape index (κ1) is 15.7. The number of carboxylic acids is 1. The minimum atomic E-state index is -4.07. The Morgan fingerprint density at radius 1 is 1.47 bits per heavy atom. The van der Waals surface area contributed by atoms with Crippen LogP contribution in [0.2, 0.25) is 0 Å². The lowest BCUT2D eigenvalue weighted by atomic mass is 10.2. The lowest BCUT2D eigenvalue weighted by Gasteiger charge is -2.21. The molecule has 0 spiro atoms. The van der Waals surface area contributed by atoms with Gasteiger partial charge >= 0.3 is 22.3 Å². The van der Waals surface area contributed by atoms with Crippen molar-refractivity contribution in [2.45, 2.75) is 13.8 Å². The van der Waals surface area contributed by atoms with E-state index in [0.717, 1.165) is 11.4 Å². The van der Waals surface area contributed by atoms with Crippen LogP contribution in [0.25, 0.3) is 0 Å². The highest BCUT2D eigenvalue weighted by atomic mass is 32.2. The van der Waals surface area contributed by atoms with Crippen molar-refractivity contribution in [2.75, 3.05) is 20.2 Å². The highest BCUT2D eigenvalue weighted by Gasteiger charge is 2.26. The number of nitrogens with zero attached hydrogens (tertiary/aromatic N) is 1. The highest BCUT2D eigenvalue weighted by Crippen LogP contribution is 2.05. The SMILES string of the molecule is CCN(CC(C)C(=O)O)S(=O)(=O)NC(=O)OC. The highest BCUT2D eigenvalue weighted by molar-refractivity contribution is 7.87. The van der Waals surface area contributed by atoms with Gasteiger partial charge in [0.25, 0.3) is 0 Å². The number of rotatable bonds is 6. The van der Waals surface area contributed by atoms with Crippen molar-refractivity contribution in [1.29, 1.82) is 0 Å². The molecule has 0 aliphatic carbocycles. The molecule has 0 aromatic carbocycles. The number of carboxylic acid groups (broad SMARTS) is 1. The molecule has 9 heteroatoms. The maximum atomic E-state index is 11.6. The zero-order valence-corrected chi connectivity index (χ0v) is 10.7. The molecule has 0 saturated heterocycles. The third-order valence-electron chi connectivity index (χ3n) is 1.99. The van der Waals surface area contributed by atoms with E-state index in [4.69, 9.17) is 5.11 Å². The number of amides is 1. The van der Waals surface area contributed by atoms with E-state index < -0.39 is 28.2 Å². The van der Waals surface area contributed by atoms with Crippen LogP contribution in [0.3, 0.4) is 0 Å². The van der Waals surface area contributed by atoms with Crippen molar-refractivity contribution in [3.8, 4) is 0 Å². The Balaban J connectivity index is 4.75. The Morgan fingerprint density at radius 2 is 2.00 bits per heavy atom. The first-order chi connectivity index (χ1) is 7.74. The smallest absolute Gasteiger partial charge is 0.421 e. The van der Waals surface area contributed by atoms with Gasteiger partial charge in [0, 0.05) is 13.1 Å². The molecule has 0 rings (SSSR count). The lowest BCUT2D eigenvalue weighted by Crippen LogP contribution is -2.45. The summed E-state index contributed by atoms with van der Waals surface area (Å²) in [5, 5.41) is 8.69. The summed E-state index contributed by atoms with van der Waals surface area (Å²) in [4.78, 5) is 21.4. The average Bonchev–Trinajstić information content (AvgIpc) is 2.23. The molecule has 0 radical (unpaired) electrons. The normalized spacial score (nSPS) is 13.2. The van der Waals surface area contributed by atoms with E-state index in [-0.39, 0.29) is 13.1 Å². The summed E-state index contributed by atoms with van der Waals surface area (Å²) in [6.45, 7) is 2.73. The third kappa shape index (κ3) is 5.00. The number of methoxy groups -OCH3 is 1. The lowest BCUT2D eigenvalue weighted by molar-refractivity contribution is -0.141. The Bertz CT molecular complexity index is 379. The number of nitrogens with one attached hydrogen (secondary N) is 1. The van der Waals surface area contributed by atoms with Crippen LogP contribution >= 0.6 is 0 Å². The van der Waals surface area contributed by atoms with Crippen LogP contribution in [-0.4, -0.2) is 50.1 Å². The zero-order valence-electron chi connectivity index (χ0n) is 9.84. The molecule has 0 aliphatic rings. The minimum absolute atomic E-state index is 0.0456. The van der Waals surface area contributed by atoms with E-state index in [9.17, 15) is 18.0 Å². The number of ether oxygens (including phenoxy) is 1. The molecule has 1 amide bonds. The monoisotopic (exact) mass is 268 g/mol. The van der Waals surface area contributed by atoms with Crippen LogP contribution in [0.1, 0.15) is 13.8 Å². The molecule has 0 bridgehead atoms. The first-order valence-corrected chi connectivity index (χ1v) is 6.27. The van der Waals surface area contributed by atoms with E-state index in [1.807, 2.05) is 0 Å².